The predicted molar refractivity (Wildman–Crippen MR) is 98.8 cm³/mol. The summed E-state index contributed by atoms with van der Waals surface area (Å²) < 4.78 is 2.08. The predicted octanol–water partition coefficient (Wildman–Crippen LogP) is 2.16. The zero-order valence-electron chi connectivity index (χ0n) is 15.2. The number of rotatable bonds is 3. The Morgan fingerprint density at radius 3 is 2.68 bits per heavy atom. The van der Waals surface area contributed by atoms with Crippen LogP contribution in [-0.2, 0) is 7.05 Å². The highest BCUT2D eigenvalue weighted by molar-refractivity contribution is 6.08. The highest BCUT2D eigenvalue weighted by atomic mass is 16.3. The normalized spacial score (nSPS) is 24.5. The summed E-state index contributed by atoms with van der Waals surface area (Å²) in [5.74, 6) is 0.0478. The number of hydrogen-bond acceptors (Lipinski definition) is 3. The van der Waals surface area contributed by atoms with Crippen LogP contribution in [0.3, 0.4) is 0 Å². The second-order valence-corrected chi connectivity index (χ2v) is 7.72. The van der Waals surface area contributed by atoms with E-state index in [0.29, 0.717) is 26.1 Å². The summed E-state index contributed by atoms with van der Waals surface area (Å²) in [5, 5.41) is 12.0. The number of carbonyl (C=O) groups is 1. The fourth-order valence-electron chi connectivity index (χ4n) is 4.46. The third kappa shape index (κ3) is 2.85. The van der Waals surface area contributed by atoms with Crippen molar-refractivity contribution in [2.45, 2.75) is 31.8 Å². The van der Waals surface area contributed by atoms with E-state index in [9.17, 15) is 9.90 Å². The lowest BCUT2D eigenvalue weighted by Crippen LogP contribution is -2.45. The van der Waals surface area contributed by atoms with E-state index in [1.54, 1.807) is 0 Å². The molecule has 0 bridgehead atoms. The van der Waals surface area contributed by atoms with Crippen molar-refractivity contribution in [2.24, 2.45) is 7.05 Å². The minimum absolute atomic E-state index is 0.0478. The summed E-state index contributed by atoms with van der Waals surface area (Å²) in [6.45, 7) is 5.89. The van der Waals surface area contributed by atoms with Gasteiger partial charge in [0.05, 0.1) is 17.7 Å². The van der Waals surface area contributed by atoms with Crippen LogP contribution in [0.2, 0.25) is 0 Å². The van der Waals surface area contributed by atoms with Gasteiger partial charge in [-0.25, -0.2) is 0 Å². The lowest BCUT2D eigenvalue weighted by molar-refractivity contribution is 0.0175. The van der Waals surface area contributed by atoms with Crippen LogP contribution in [0.25, 0.3) is 10.9 Å². The van der Waals surface area contributed by atoms with E-state index in [2.05, 4.69) is 9.47 Å². The minimum atomic E-state index is -0.765. The van der Waals surface area contributed by atoms with E-state index in [1.807, 2.05) is 43.1 Å². The van der Waals surface area contributed by atoms with E-state index in [4.69, 9.17) is 0 Å². The van der Waals surface area contributed by atoms with Gasteiger partial charge in [-0.1, -0.05) is 18.2 Å². The molecule has 2 aromatic rings. The molecule has 2 fully saturated rings. The molecule has 134 valence electrons. The zero-order valence-corrected chi connectivity index (χ0v) is 15.2. The first kappa shape index (κ1) is 16.6. The van der Waals surface area contributed by atoms with E-state index in [1.165, 1.54) is 12.8 Å². The van der Waals surface area contributed by atoms with Crippen LogP contribution in [-0.4, -0.2) is 63.7 Å². The molecule has 0 spiro atoms. The van der Waals surface area contributed by atoms with Gasteiger partial charge in [-0.15, -0.1) is 0 Å². The Balaban J connectivity index is 1.57. The van der Waals surface area contributed by atoms with E-state index >= 15 is 0 Å². The van der Waals surface area contributed by atoms with Crippen LogP contribution in [0.15, 0.2) is 24.3 Å². The first-order valence-electron chi connectivity index (χ1n) is 9.26. The molecule has 5 heteroatoms. The summed E-state index contributed by atoms with van der Waals surface area (Å²) in [7, 11) is 2.00. The zero-order chi connectivity index (χ0) is 17.6. The Morgan fingerprint density at radius 1 is 1.20 bits per heavy atom. The van der Waals surface area contributed by atoms with Gasteiger partial charge in [0.1, 0.15) is 0 Å². The Labute approximate surface area is 148 Å². The third-order valence-electron chi connectivity index (χ3n) is 5.95. The van der Waals surface area contributed by atoms with Gasteiger partial charge in [0.25, 0.3) is 5.91 Å². The Bertz CT molecular complexity index is 807. The van der Waals surface area contributed by atoms with Gasteiger partial charge in [-0.3, -0.25) is 4.79 Å². The maximum Gasteiger partial charge on any atom is 0.256 e. The fourth-order valence-corrected chi connectivity index (χ4v) is 4.46. The van der Waals surface area contributed by atoms with Crippen molar-refractivity contribution in [3.05, 3.63) is 35.5 Å². The van der Waals surface area contributed by atoms with Crippen LogP contribution in [0.5, 0.6) is 0 Å². The number of β-amino-alcohol motifs (C(OH)–C–C–N with tert-alkyl or cyclic N) is 1. The van der Waals surface area contributed by atoms with Crippen LogP contribution >= 0.6 is 0 Å². The number of aryl methyl sites for hydroxylation is 1. The Hall–Kier alpha value is -1.85. The average molecular weight is 341 g/mol. The van der Waals surface area contributed by atoms with Crippen LogP contribution in [0, 0.1) is 6.92 Å². The molecule has 3 heterocycles. The summed E-state index contributed by atoms with van der Waals surface area (Å²) in [6.07, 6.45) is 3.10. The smallest absolute Gasteiger partial charge is 0.256 e. The molecule has 5 nitrogen and oxygen atoms in total. The highest BCUT2D eigenvalue weighted by Gasteiger charge is 2.40. The summed E-state index contributed by atoms with van der Waals surface area (Å²) in [5.41, 5.74) is 2.08. The quantitative estimate of drug-likeness (QED) is 0.931. The second kappa shape index (κ2) is 6.15. The van der Waals surface area contributed by atoms with Crippen molar-refractivity contribution >= 4 is 16.8 Å². The van der Waals surface area contributed by atoms with Gasteiger partial charge in [0.2, 0.25) is 0 Å². The maximum absolute atomic E-state index is 13.2. The number of hydrogen-bond donors (Lipinski definition) is 1. The van der Waals surface area contributed by atoms with Crippen molar-refractivity contribution in [2.75, 3.05) is 32.7 Å². The van der Waals surface area contributed by atoms with Crippen molar-refractivity contribution in [3.8, 4) is 0 Å². The van der Waals surface area contributed by atoms with Crippen molar-refractivity contribution in [3.63, 3.8) is 0 Å². The molecule has 0 radical (unpaired) electrons. The molecular weight excluding hydrogens is 314 g/mol. The Kier molecular flexibility index (Phi) is 4.08. The van der Waals surface area contributed by atoms with Crippen LogP contribution < -0.4 is 0 Å². The largest absolute Gasteiger partial charge is 0.387 e. The second-order valence-electron chi connectivity index (χ2n) is 7.72. The molecule has 1 N–H and O–H groups in total. The molecular formula is C20H27N3O2. The number of aliphatic hydroxyl groups is 1. The van der Waals surface area contributed by atoms with E-state index in [0.717, 1.165) is 35.2 Å². The highest BCUT2D eigenvalue weighted by Crippen LogP contribution is 2.30. The van der Waals surface area contributed by atoms with E-state index in [-0.39, 0.29) is 5.91 Å². The third-order valence-corrected chi connectivity index (χ3v) is 5.95. The molecule has 0 unspecified atom stereocenters. The number of nitrogens with zero attached hydrogens (tertiary/aromatic N) is 3. The summed E-state index contributed by atoms with van der Waals surface area (Å²) >= 11 is 0. The van der Waals surface area contributed by atoms with Crippen LogP contribution in [0.1, 0.15) is 35.3 Å². The molecule has 0 aliphatic carbocycles. The van der Waals surface area contributed by atoms with Gasteiger partial charge in [-0.05, 0) is 45.3 Å². The van der Waals surface area contributed by atoms with Crippen LogP contribution in [0.4, 0.5) is 0 Å². The fraction of sp³-hybridized carbons (Fsp3) is 0.550. The molecule has 2 aliphatic rings. The molecule has 4 rings (SSSR count). The number of aromatic nitrogens is 1. The average Bonchev–Trinajstić information content (AvgIpc) is 3.29. The van der Waals surface area contributed by atoms with Gasteiger partial charge in [0, 0.05) is 36.7 Å². The number of likely N-dealkylation sites (tertiary alicyclic amines) is 2. The number of fused-ring (bicyclic) bond motifs is 1. The number of benzene rings is 1. The monoisotopic (exact) mass is 341 g/mol. The van der Waals surface area contributed by atoms with Gasteiger partial charge >= 0.3 is 0 Å². The maximum atomic E-state index is 13.2. The summed E-state index contributed by atoms with van der Waals surface area (Å²) in [6, 6.07) is 8.04. The molecule has 25 heavy (non-hydrogen) atoms. The van der Waals surface area contributed by atoms with Gasteiger partial charge < -0.3 is 19.5 Å². The lowest BCUT2D eigenvalue weighted by Gasteiger charge is -2.28. The van der Waals surface area contributed by atoms with Crippen molar-refractivity contribution < 1.29 is 9.90 Å². The number of carbonyl (C=O) groups excluding carboxylic acids is 1. The first-order chi connectivity index (χ1) is 12.0. The molecule has 1 aromatic heterocycles. The molecule has 1 aromatic carbocycles. The number of amides is 1. The lowest BCUT2D eigenvalue weighted by atomic mass is 10.0. The van der Waals surface area contributed by atoms with Gasteiger partial charge in [0.15, 0.2) is 0 Å². The summed E-state index contributed by atoms with van der Waals surface area (Å²) in [4.78, 5) is 17.4. The van der Waals surface area contributed by atoms with Gasteiger partial charge in [-0.2, -0.15) is 0 Å². The van der Waals surface area contributed by atoms with E-state index < -0.39 is 5.60 Å². The standard InChI is InChI=1S/C20H27N3O2/c1-15-18(16-7-3-4-8-17(16)21(15)2)19(24)23-12-9-20(25,14-23)13-22-10-5-6-11-22/h3-4,7-8,25H,5-6,9-14H2,1-2H3/t20-/m0/s1. The molecule has 1 atom stereocenters. The SMILES string of the molecule is Cc1c(C(=O)N2CC[C@](O)(CN3CCCC3)C2)c2ccccc2n1C. The topological polar surface area (TPSA) is 48.7 Å². The van der Waals surface area contributed by atoms with Crippen molar-refractivity contribution in [1.29, 1.82) is 0 Å². The Morgan fingerprint density at radius 2 is 1.92 bits per heavy atom. The first-order valence-corrected chi connectivity index (χ1v) is 9.26. The molecule has 2 saturated heterocycles. The molecule has 1 amide bonds. The molecule has 0 saturated carbocycles. The van der Waals surface area contributed by atoms with Crippen molar-refractivity contribution in [1.82, 2.24) is 14.4 Å². The number of para-hydroxylation sites is 1. The minimum Gasteiger partial charge on any atom is -0.387 e. The molecule has 2 aliphatic heterocycles.